The van der Waals surface area contributed by atoms with Crippen molar-refractivity contribution in [3.63, 3.8) is 0 Å². The van der Waals surface area contributed by atoms with E-state index in [-0.39, 0.29) is 22.6 Å². The predicted molar refractivity (Wildman–Crippen MR) is 105 cm³/mol. The van der Waals surface area contributed by atoms with Crippen molar-refractivity contribution in [3.8, 4) is 0 Å². The number of carbonyl (C=O) groups excluding carboxylic acids is 1. The zero-order valence-electron chi connectivity index (χ0n) is 16.3. The van der Waals surface area contributed by atoms with E-state index in [2.05, 4.69) is 23.6 Å². The van der Waals surface area contributed by atoms with Gasteiger partial charge in [0, 0.05) is 56.9 Å². The van der Waals surface area contributed by atoms with Crippen molar-refractivity contribution in [3.05, 3.63) is 39.9 Å². The molecule has 27 heavy (non-hydrogen) atoms. The lowest BCUT2D eigenvalue weighted by atomic mass is 10.0. The molecule has 0 aromatic heterocycles. The second-order valence-corrected chi connectivity index (χ2v) is 7.77. The van der Waals surface area contributed by atoms with Gasteiger partial charge in [0.25, 0.3) is 5.69 Å². The summed E-state index contributed by atoms with van der Waals surface area (Å²) in [7, 11) is 0. The lowest BCUT2D eigenvalue weighted by Gasteiger charge is -2.39. The first kappa shape index (κ1) is 19.8. The summed E-state index contributed by atoms with van der Waals surface area (Å²) in [4.78, 5) is 29.9. The van der Waals surface area contributed by atoms with E-state index < -0.39 is 0 Å². The van der Waals surface area contributed by atoms with Gasteiger partial charge in [-0.05, 0) is 38.7 Å². The van der Waals surface area contributed by atoms with E-state index in [1.807, 2.05) is 11.0 Å². The molecule has 1 aromatic carbocycles. The molecular formula is C20H30N4O3. The molecule has 0 radical (unpaired) electrons. The van der Waals surface area contributed by atoms with Gasteiger partial charge in [0.1, 0.15) is 0 Å². The molecule has 2 aliphatic heterocycles. The quantitative estimate of drug-likeness (QED) is 0.585. The van der Waals surface area contributed by atoms with Crippen molar-refractivity contribution in [2.45, 2.75) is 45.2 Å². The Bertz CT molecular complexity index is 673. The van der Waals surface area contributed by atoms with E-state index in [4.69, 9.17) is 0 Å². The molecule has 1 amide bonds. The maximum atomic E-state index is 12.6. The van der Waals surface area contributed by atoms with Crippen LogP contribution in [0.3, 0.4) is 0 Å². The number of nitro benzene ring substituents is 1. The third kappa shape index (κ3) is 4.84. The molecule has 2 fully saturated rings. The zero-order chi connectivity index (χ0) is 19.4. The third-order valence-electron chi connectivity index (χ3n) is 6.00. The van der Waals surface area contributed by atoms with Crippen LogP contribution in [0.15, 0.2) is 24.3 Å². The molecule has 3 rings (SSSR count). The molecule has 7 nitrogen and oxygen atoms in total. The van der Waals surface area contributed by atoms with Gasteiger partial charge in [-0.2, -0.15) is 0 Å². The summed E-state index contributed by atoms with van der Waals surface area (Å²) in [5.41, 5.74) is 1.11. The molecule has 2 saturated heterocycles. The van der Waals surface area contributed by atoms with E-state index >= 15 is 0 Å². The topological polar surface area (TPSA) is 69.9 Å². The van der Waals surface area contributed by atoms with Crippen molar-refractivity contribution in [1.82, 2.24) is 14.7 Å². The second-order valence-electron chi connectivity index (χ2n) is 7.77. The average Bonchev–Trinajstić information content (AvgIpc) is 2.68. The average molecular weight is 374 g/mol. The summed E-state index contributed by atoms with van der Waals surface area (Å²) in [5, 5.41) is 11.0. The van der Waals surface area contributed by atoms with Gasteiger partial charge < -0.3 is 4.90 Å². The molecule has 0 aliphatic carbocycles. The summed E-state index contributed by atoms with van der Waals surface area (Å²) >= 11 is 0. The van der Waals surface area contributed by atoms with Gasteiger partial charge >= 0.3 is 0 Å². The summed E-state index contributed by atoms with van der Waals surface area (Å²) in [6, 6.07) is 7.38. The number of rotatable bonds is 5. The molecule has 2 heterocycles. The van der Waals surface area contributed by atoms with Crippen LogP contribution >= 0.6 is 0 Å². The minimum Gasteiger partial charge on any atom is -0.339 e. The predicted octanol–water partition coefficient (Wildman–Crippen LogP) is 2.67. The second kappa shape index (κ2) is 8.80. The van der Waals surface area contributed by atoms with Gasteiger partial charge in [-0.15, -0.1) is 0 Å². The van der Waals surface area contributed by atoms with Gasteiger partial charge in [0.05, 0.1) is 11.5 Å². The molecule has 0 spiro atoms. The lowest BCUT2D eigenvalue weighted by Crippen LogP contribution is -2.52. The molecule has 7 heteroatoms. The fourth-order valence-electron chi connectivity index (χ4n) is 4.17. The fourth-order valence-corrected chi connectivity index (χ4v) is 4.17. The van der Waals surface area contributed by atoms with E-state index in [0.29, 0.717) is 12.6 Å². The number of benzene rings is 1. The maximum Gasteiger partial charge on any atom is 0.269 e. The van der Waals surface area contributed by atoms with E-state index in [0.717, 1.165) is 51.1 Å². The number of hydrogen-bond donors (Lipinski definition) is 0. The molecule has 0 unspecified atom stereocenters. The highest BCUT2D eigenvalue weighted by Crippen LogP contribution is 2.25. The first-order valence-corrected chi connectivity index (χ1v) is 9.96. The molecule has 0 saturated carbocycles. The highest BCUT2D eigenvalue weighted by atomic mass is 16.6. The molecule has 2 aliphatic rings. The monoisotopic (exact) mass is 374 g/mol. The van der Waals surface area contributed by atoms with Gasteiger partial charge in [-0.3, -0.25) is 24.7 Å². The number of amides is 1. The highest BCUT2D eigenvalue weighted by Gasteiger charge is 2.27. The Kier molecular flexibility index (Phi) is 6.44. The maximum absolute atomic E-state index is 12.6. The smallest absolute Gasteiger partial charge is 0.269 e. The number of non-ortho nitro benzene ring substituents is 1. The summed E-state index contributed by atoms with van der Waals surface area (Å²) in [5.74, 6) is 0.252. The number of likely N-dealkylation sites (tertiary alicyclic amines) is 1. The van der Waals surface area contributed by atoms with Crippen LogP contribution < -0.4 is 0 Å². The highest BCUT2D eigenvalue weighted by molar-refractivity contribution is 5.78. The van der Waals surface area contributed by atoms with Crippen LogP contribution in [0.2, 0.25) is 0 Å². The number of piperidine rings is 1. The van der Waals surface area contributed by atoms with Crippen LogP contribution in [0.1, 0.15) is 44.7 Å². The molecule has 1 aromatic rings. The number of nitrogens with zero attached hydrogens (tertiary/aromatic N) is 4. The Morgan fingerprint density at radius 3 is 2.63 bits per heavy atom. The normalized spacial score (nSPS) is 23.2. The van der Waals surface area contributed by atoms with Crippen molar-refractivity contribution in [1.29, 1.82) is 0 Å². The minimum absolute atomic E-state index is 0.130. The van der Waals surface area contributed by atoms with Crippen LogP contribution in [0.4, 0.5) is 5.69 Å². The first-order valence-electron chi connectivity index (χ1n) is 9.96. The van der Waals surface area contributed by atoms with Crippen LogP contribution in [0.25, 0.3) is 0 Å². The number of piperazine rings is 1. The van der Waals surface area contributed by atoms with Gasteiger partial charge in [-0.25, -0.2) is 0 Å². The van der Waals surface area contributed by atoms with Crippen LogP contribution in [0.5, 0.6) is 0 Å². The zero-order valence-corrected chi connectivity index (χ0v) is 16.3. The van der Waals surface area contributed by atoms with Crippen LogP contribution in [0, 0.1) is 10.1 Å². The van der Waals surface area contributed by atoms with E-state index in [9.17, 15) is 14.9 Å². The Morgan fingerprint density at radius 1 is 1.22 bits per heavy atom. The Hall–Kier alpha value is -1.99. The lowest BCUT2D eigenvalue weighted by molar-refractivity contribution is -0.385. The third-order valence-corrected chi connectivity index (χ3v) is 6.00. The Labute approximate surface area is 161 Å². The Morgan fingerprint density at radius 2 is 1.96 bits per heavy atom. The van der Waals surface area contributed by atoms with Crippen molar-refractivity contribution >= 4 is 11.6 Å². The number of carbonyl (C=O) groups is 1. The van der Waals surface area contributed by atoms with Crippen molar-refractivity contribution in [2.24, 2.45) is 0 Å². The first-order chi connectivity index (χ1) is 13.0. The molecular weight excluding hydrogens is 344 g/mol. The molecule has 2 atom stereocenters. The Balaban J connectivity index is 1.51. The summed E-state index contributed by atoms with van der Waals surface area (Å²) in [6.07, 6.45) is 3.45. The largest absolute Gasteiger partial charge is 0.339 e. The molecule has 0 bridgehead atoms. The van der Waals surface area contributed by atoms with Gasteiger partial charge in [0.2, 0.25) is 5.91 Å². The van der Waals surface area contributed by atoms with Crippen LogP contribution in [-0.2, 0) is 4.79 Å². The van der Waals surface area contributed by atoms with E-state index in [1.54, 1.807) is 12.1 Å². The summed E-state index contributed by atoms with van der Waals surface area (Å²) in [6.45, 7) is 9.08. The van der Waals surface area contributed by atoms with Gasteiger partial charge in [0.15, 0.2) is 0 Å². The minimum atomic E-state index is -0.346. The SMILES string of the molecule is C[C@H](c1cccc([N+](=O)[O-])c1)N1CCN(CC(=O)N2CCCC[C@@H]2C)CC1. The van der Waals surface area contributed by atoms with Crippen molar-refractivity contribution in [2.75, 3.05) is 39.3 Å². The van der Waals surface area contributed by atoms with E-state index in [1.165, 1.54) is 12.5 Å². The van der Waals surface area contributed by atoms with Crippen molar-refractivity contribution < 1.29 is 9.72 Å². The van der Waals surface area contributed by atoms with Crippen LogP contribution in [-0.4, -0.2) is 70.8 Å². The number of hydrogen-bond acceptors (Lipinski definition) is 5. The standard InChI is InChI=1S/C20H30N4O3/c1-16-6-3-4-9-23(16)20(25)15-21-10-12-22(13-11-21)17(2)18-7-5-8-19(14-18)24(26)27/h5,7-8,14,16-17H,3-4,6,9-13,15H2,1-2H3/t16-,17+/m0/s1. The summed E-state index contributed by atoms with van der Waals surface area (Å²) < 4.78 is 0. The molecule has 148 valence electrons. The number of nitro groups is 1. The fraction of sp³-hybridized carbons (Fsp3) is 0.650. The van der Waals surface area contributed by atoms with Gasteiger partial charge in [-0.1, -0.05) is 12.1 Å². The molecule has 0 N–H and O–H groups in total.